The summed E-state index contributed by atoms with van der Waals surface area (Å²) in [6, 6.07) is 12.9. The van der Waals surface area contributed by atoms with E-state index >= 15 is 0 Å². The summed E-state index contributed by atoms with van der Waals surface area (Å²) in [6.45, 7) is 0. The summed E-state index contributed by atoms with van der Waals surface area (Å²) in [5.41, 5.74) is 0.602. The van der Waals surface area contributed by atoms with Gasteiger partial charge in [0.25, 0.3) is 5.70 Å². The van der Waals surface area contributed by atoms with Crippen LogP contribution in [0.2, 0.25) is 0 Å². The number of nitrogens with zero attached hydrogens (tertiary/aromatic N) is 1. The van der Waals surface area contributed by atoms with Crippen molar-refractivity contribution in [1.29, 1.82) is 0 Å². The fourth-order valence-electron chi connectivity index (χ4n) is 2.19. The summed E-state index contributed by atoms with van der Waals surface area (Å²) in [6.07, 6.45) is 0.386. The van der Waals surface area contributed by atoms with Crippen LogP contribution in [-0.2, 0) is 0 Å². The van der Waals surface area contributed by atoms with E-state index in [1.807, 2.05) is 0 Å². The number of hydrogen-bond donors (Lipinski definition) is 0. The van der Waals surface area contributed by atoms with Crippen LogP contribution in [0.5, 0.6) is 5.75 Å². The summed E-state index contributed by atoms with van der Waals surface area (Å²) in [5, 5.41) is 11.2. The van der Waals surface area contributed by atoms with Gasteiger partial charge in [-0.15, -0.1) is 0 Å². The number of nitro groups is 1. The Morgan fingerprint density at radius 2 is 1.80 bits per heavy atom. The predicted molar refractivity (Wildman–Crippen MR) is 71.2 cm³/mol. The fourth-order valence-corrected chi connectivity index (χ4v) is 2.19. The molecule has 5 heteroatoms. The van der Waals surface area contributed by atoms with Gasteiger partial charge < -0.3 is 4.74 Å². The highest BCUT2D eigenvalue weighted by Gasteiger charge is 2.34. The van der Waals surface area contributed by atoms with Crippen LogP contribution in [0.25, 0.3) is 6.08 Å². The minimum Gasteiger partial charge on any atom is -0.474 e. The molecule has 0 spiro atoms. The SMILES string of the molecule is O=[N+]([O-])C1=Cc2ccccc2OC1c1ccccc1F. The molecule has 0 aromatic heterocycles. The average Bonchev–Trinajstić information content (AvgIpc) is 2.46. The molecule has 1 heterocycles. The molecule has 1 unspecified atom stereocenters. The zero-order valence-electron chi connectivity index (χ0n) is 10.3. The van der Waals surface area contributed by atoms with Crippen LogP contribution in [-0.4, -0.2) is 4.92 Å². The van der Waals surface area contributed by atoms with Crippen molar-refractivity contribution in [3.63, 3.8) is 0 Å². The highest BCUT2D eigenvalue weighted by atomic mass is 19.1. The number of ether oxygens (including phenoxy) is 1. The lowest BCUT2D eigenvalue weighted by atomic mass is 10.0. The molecule has 0 bridgehead atoms. The van der Waals surface area contributed by atoms with Gasteiger partial charge in [-0.25, -0.2) is 4.39 Å². The number of para-hydroxylation sites is 1. The molecule has 0 fully saturated rings. The average molecular weight is 271 g/mol. The van der Waals surface area contributed by atoms with Crippen LogP contribution in [0.1, 0.15) is 17.2 Å². The molecule has 20 heavy (non-hydrogen) atoms. The number of hydrogen-bond acceptors (Lipinski definition) is 3. The third-order valence-electron chi connectivity index (χ3n) is 3.13. The lowest BCUT2D eigenvalue weighted by Gasteiger charge is -2.22. The molecule has 2 aromatic carbocycles. The quantitative estimate of drug-likeness (QED) is 0.619. The van der Waals surface area contributed by atoms with E-state index in [2.05, 4.69) is 0 Å². The van der Waals surface area contributed by atoms with Crippen molar-refractivity contribution in [2.75, 3.05) is 0 Å². The van der Waals surface area contributed by atoms with Crippen molar-refractivity contribution >= 4 is 6.08 Å². The molecule has 0 N–H and O–H groups in total. The van der Waals surface area contributed by atoms with E-state index in [9.17, 15) is 14.5 Å². The Morgan fingerprint density at radius 1 is 1.10 bits per heavy atom. The Kier molecular flexibility index (Phi) is 2.95. The van der Waals surface area contributed by atoms with E-state index in [-0.39, 0.29) is 11.3 Å². The number of halogens is 1. The van der Waals surface area contributed by atoms with Crippen LogP contribution in [0.15, 0.2) is 54.2 Å². The molecule has 0 aliphatic carbocycles. The smallest absolute Gasteiger partial charge is 0.291 e. The third kappa shape index (κ3) is 2.03. The Labute approximate surface area is 114 Å². The van der Waals surface area contributed by atoms with Gasteiger partial charge in [0.15, 0.2) is 0 Å². The van der Waals surface area contributed by atoms with Crippen molar-refractivity contribution in [3.8, 4) is 5.75 Å². The van der Waals surface area contributed by atoms with Crippen LogP contribution in [0.4, 0.5) is 4.39 Å². The Morgan fingerprint density at radius 3 is 2.55 bits per heavy atom. The maximum Gasteiger partial charge on any atom is 0.291 e. The molecule has 1 aliphatic heterocycles. The summed E-state index contributed by atoms with van der Waals surface area (Å²) in [4.78, 5) is 10.7. The number of fused-ring (bicyclic) bond motifs is 1. The fraction of sp³-hybridized carbons (Fsp3) is 0.0667. The normalized spacial score (nSPS) is 16.9. The maximum absolute atomic E-state index is 13.9. The molecular weight excluding hydrogens is 261 g/mol. The zero-order chi connectivity index (χ0) is 14.1. The van der Waals surface area contributed by atoms with E-state index in [1.165, 1.54) is 24.3 Å². The van der Waals surface area contributed by atoms with E-state index in [0.29, 0.717) is 11.3 Å². The number of rotatable bonds is 2. The molecule has 1 aliphatic rings. The Bertz CT molecular complexity index is 712. The van der Waals surface area contributed by atoms with Gasteiger partial charge in [-0.1, -0.05) is 36.4 Å². The van der Waals surface area contributed by atoms with Gasteiger partial charge in [0.1, 0.15) is 11.6 Å². The van der Waals surface area contributed by atoms with Crippen molar-refractivity contribution in [2.24, 2.45) is 0 Å². The molecule has 2 aromatic rings. The first-order valence-electron chi connectivity index (χ1n) is 6.03. The minimum absolute atomic E-state index is 0.157. The minimum atomic E-state index is -1.04. The van der Waals surface area contributed by atoms with Crippen molar-refractivity contribution in [3.05, 3.63) is 81.3 Å². The van der Waals surface area contributed by atoms with Gasteiger partial charge >= 0.3 is 0 Å². The monoisotopic (exact) mass is 271 g/mol. The molecule has 0 radical (unpaired) electrons. The maximum atomic E-state index is 13.9. The van der Waals surface area contributed by atoms with Crippen LogP contribution in [0, 0.1) is 15.9 Å². The van der Waals surface area contributed by atoms with Gasteiger partial charge in [0, 0.05) is 17.2 Å². The Hall–Kier alpha value is -2.69. The molecule has 0 saturated carbocycles. The molecule has 4 nitrogen and oxygen atoms in total. The summed E-state index contributed by atoms with van der Waals surface area (Å²) < 4.78 is 19.5. The topological polar surface area (TPSA) is 52.4 Å². The van der Waals surface area contributed by atoms with Crippen LogP contribution < -0.4 is 4.74 Å². The molecule has 100 valence electrons. The number of benzene rings is 2. The second-order valence-corrected chi connectivity index (χ2v) is 4.38. The highest BCUT2D eigenvalue weighted by Crippen LogP contribution is 2.38. The van der Waals surface area contributed by atoms with Gasteiger partial charge in [0.05, 0.1) is 4.92 Å². The van der Waals surface area contributed by atoms with Gasteiger partial charge in [-0.3, -0.25) is 10.1 Å². The standard InChI is InChI=1S/C15H10FNO3/c16-12-7-3-2-6-11(12)15-13(17(18)19)9-10-5-1-4-8-14(10)20-15/h1-9,15H. The third-order valence-corrected chi connectivity index (χ3v) is 3.13. The van der Waals surface area contributed by atoms with Crippen LogP contribution >= 0.6 is 0 Å². The van der Waals surface area contributed by atoms with Crippen molar-refractivity contribution < 1.29 is 14.1 Å². The second kappa shape index (κ2) is 4.77. The summed E-state index contributed by atoms with van der Waals surface area (Å²) in [7, 11) is 0. The van der Waals surface area contributed by atoms with Gasteiger partial charge in [0.2, 0.25) is 6.10 Å². The summed E-state index contributed by atoms with van der Waals surface area (Å²) in [5.74, 6) is -0.0176. The largest absolute Gasteiger partial charge is 0.474 e. The first kappa shape index (κ1) is 12.3. The zero-order valence-corrected chi connectivity index (χ0v) is 10.3. The van der Waals surface area contributed by atoms with E-state index in [1.54, 1.807) is 30.3 Å². The van der Waals surface area contributed by atoms with Gasteiger partial charge in [-0.05, 0) is 12.1 Å². The van der Waals surface area contributed by atoms with Crippen LogP contribution in [0.3, 0.4) is 0 Å². The van der Waals surface area contributed by atoms with E-state index < -0.39 is 16.8 Å². The van der Waals surface area contributed by atoms with Crippen molar-refractivity contribution in [2.45, 2.75) is 6.10 Å². The lowest BCUT2D eigenvalue weighted by Crippen LogP contribution is -2.20. The predicted octanol–water partition coefficient (Wildman–Crippen LogP) is 3.58. The van der Waals surface area contributed by atoms with E-state index in [4.69, 9.17) is 4.74 Å². The second-order valence-electron chi connectivity index (χ2n) is 4.38. The summed E-state index contributed by atoms with van der Waals surface area (Å²) >= 11 is 0. The highest BCUT2D eigenvalue weighted by molar-refractivity contribution is 5.62. The van der Waals surface area contributed by atoms with Gasteiger partial charge in [-0.2, -0.15) is 0 Å². The first-order chi connectivity index (χ1) is 9.66. The Balaban J connectivity index is 2.13. The molecule has 0 amide bonds. The first-order valence-corrected chi connectivity index (χ1v) is 6.03. The molecule has 0 saturated heterocycles. The van der Waals surface area contributed by atoms with Crippen molar-refractivity contribution in [1.82, 2.24) is 0 Å². The lowest BCUT2D eigenvalue weighted by molar-refractivity contribution is -0.434. The molecule has 3 rings (SSSR count). The molecule has 1 atom stereocenters. The molecular formula is C15H10FNO3. The van der Waals surface area contributed by atoms with E-state index in [0.717, 1.165) is 0 Å².